The lowest BCUT2D eigenvalue weighted by Gasteiger charge is -2.33. The summed E-state index contributed by atoms with van der Waals surface area (Å²) in [7, 11) is 1.52. The molecule has 0 N–H and O–H groups in total. The zero-order valence-corrected chi connectivity index (χ0v) is 16.5. The van der Waals surface area contributed by atoms with Crippen molar-refractivity contribution in [2.75, 3.05) is 13.7 Å². The highest BCUT2D eigenvalue weighted by atomic mass is 17.0. The minimum atomic E-state index is -0.965. The fourth-order valence-electron chi connectivity index (χ4n) is 4.43. The summed E-state index contributed by atoms with van der Waals surface area (Å²) >= 11 is 0. The van der Waals surface area contributed by atoms with Crippen LogP contribution >= 0.6 is 0 Å². The van der Waals surface area contributed by atoms with Gasteiger partial charge in [0.15, 0.2) is 18.0 Å². The minimum absolute atomic E-state index is 0.224. The summed E-state index contributed by atoms with van der Waals surface area (Å²) in [5.74, 6) is -0.0474. The average molecular weight is 411 g/mol. The molecule has 3 heterocycles. The quantitative estimate of drug-likeness (QED) is 0.548. The number of hydroxylamine groups is 2. The Hall–Kier alpha value is -2.94. The fraction of sp³-hybridized carbons (Fsp3) is 0.364. The highest BCUT2D eigenvalue weighted by Gasteiger charge is 2.64. The van der Waals surface area contributed by atoms with Crippen LogP contribution in [0.15, 0.2) is 48.5 Å². The monoisotopic (exact) mass is 411 g/mol. The molecule has 0 unspecified atom stereocenters. The Kier molecular flexibility index (Phi) is 4.69. The van der Waals surface area contributed by atoms with Crippen molar-refractivity contribution in [1.29, 1.82) is 0 Å². The predicted octanol–water partition coefficient (Wildman–Crippen LogP) is 2.28. The molecule has 156 valence electrons. The number of para-hydroxylation sites is 2. The molecule has 0 amide bonds. The number of nitrogens with zero attached hydrogens (tertiary/aromatic N) is 1. The van der Waals surface area contributed by atoms with E-state index < -0.39 is 30.3 Å². The van der Waals surface area contributed by atoms with E-state index in [1.54, 1.807) is 31.2 Å². The molecule has 0 spiro atoms. The number of ether oxygens (including phenoxy) is 3. The highest BCUT2D eigenvalue weighted by molar-refractivity contribution is 6.02. The summed E-state index contributed by atoms with van der Waals surface area (Å²) < 4.78 is 16.6. The van der Waals surface area contributed by atoms with Crippen molar-refractivity contribution in [3.05, 3.63) is 59.7 Å². The van der Waals surface area contributed by atoms with Crippen molar-refractivity contribution in [2.24, 2.45) is 0 Å². The number of fused-ring (bicyclic) bond motifs is 2. The van der Waals surface area contributed by atoms with Gasteiger partial charge in [-0.25, -0.2) is 4.79 Å². The van der Waals surface area contributed by atoms with E-state index >= 15 is 0 Å². The van der Waals surface area contributed by atoms with Gasteiger partial charge in [0.2, 0.25) is 6.10 Å². The van der Waals surface area contributed by atoms with E-state index in [1.807, 2.05) is 24.3 Å². The molecule has 0 aromatic heterocycles. The number of Topliss-reactive ketones (excluding diaryl/α,β-unsaturated/α-hetero) is 1. The van der Waals surface area contributed by atoms with Gasteiger partial charge in [0.25, 0.3) is 0 Å². The Balaban J connectivity index is 1.54. The first-order valence-electron chi connectivity index (χ1n) is 9.86. The van der Waals surface area contributed by atoms with Gasteiger partial charge in [-0.3, -0.25) is 14.5 Å². The van der Waals surface area contributed by atoms with Crippen LogP contribution in [0.2, 0.25) is 0 Å². The zero-order chi connectivity index (χ0) is 20.8. The highest BCUT2D eigenvalue weighted by Crippen LogP contribution is 2.51. The molecular weight excluding hydrogens is 390 g/mol. The number of methoxy groups -OCH3 is 1. The molecule has 8 nitrogen and oxygen atoms in total. The molecule has 30 heavy (non-hydrogen) atoms. The van der Waals surface area contributed by atoms with Crippen LogP contribution in [0.5, 0.6) is 11.5 Å². The number of hydrogen-bond acceptors (Lipinski definition) is 8. The predicted molar refractivity (Wildman–Crippen MR) is 103 cm³/mol. The van der Waals surface area contributed by atoms with Gasteiger partial charge in [0, 0.05) is 11.5 Å². The van der Waals surface area contributed by atoms with E-state index in [0.717, 1.165) is 5.56 Å². The standard InChI is InChI=1S/C22H21NO7/c1-3-27-22(25)21-20-17-16(12-8-4-7-11-15(12)28-20)19(29-23(17)30-21)18(24)13-9-5-6-10-14(13)26-2/h4-11,16-17,19-21H,3H2,1-2H3/t16-,17-,19-,20+,21+/m0/s1. The molecule has 8 heteroatoms. The second-order valence-electron chi connectivity index (χ2n) is 7.29. The largest absolute Gasteiger partial charge is 0.496 e. The van der Waals surface area contributed by atoms with Crippen LogP contribution in [0.3, 0.4) is 0 Å². The number of ketones is 1. The third-order valence-electron chi connectivity index (χ3n) is 5.70. The van der Waals surface area contributed by atoms with Crippen molar-refractivity contribution in [3.63, 3.8) is 0 Å². The molecule has 2 saturated heterocycles. The SMILES string of the molecule is CCOC(=O)[C@@H]1ON2O[C@H](C(=O)c3ccccc3OC)[C@H]3c4ccccc4O[C@@H]1[C@H]32. The number of esters is 1. The Morgan fingerprint density at radius 1 is 1.03 bits per heavy atom. The molecule has 3 aliphatic heterocycles. The van der Waals surface area contributed by atoms with Gasteiger partial charge in [-0.15, -0.1) is 0 Å². The summed E-state index contributed by atoms with van der Waals surface area (Å²) in [4.78, 5) is 37.6. The Morgan fingerprint density at radius 3 is 2.57 bits per heavy atom. The van der Waals surface area contributed by atoms with Gasteiger partial charge in [-0.1, -0.05) is 35.6 Å². The second kappa shape index (κ2) is 7.39. The van der Waals surface area contributed by atoms with Gasteiger partial charge < -0.3 is 14.2 Å². The molecule has 2 aromatic rings. The van der Waals surface area contributed by atoms with E-state index in [1.165, 1.54) is 12.3 Å². The molecule has 5 atom stereocenters. The summed E-state index contributed by atoms with van der Waals surface area (Å²) in [6, 6.07) is 14.0. The molecule has 2 fully saturated rings. The molecule has 5 rings (SSSR count). The van der Waals surface area contributed by atoms with Crippen LogP contribution in [-0.2, 0) is 19.2 Å². The van der Waals surface area contributed by atoms with Crippen molar-refractivity contribution >= 4 is 11.8 Å². The summed E-state index contributed by atoms with van der Waals surface area (Å²) in [5, 5.41) is 1.24. The first-order chi connectivity index (χ1) is 14.6. The zero-order valence-electron chi connectivity index (χ0n) is 16.5. The molecule has 0 saturated carbocycles. The summed E-state index contributed by atoms with van der Waals surface area (Å²) in [6.07, 6.45) is -2.46. The number of benzene rings is 2. The first kappa shape index (κ1) is 19.0. The smallest absolute Gasteiger partial charge is 0.341 e. The van der Waals surface area contributed by atoms with Crippen LogP contribution in [-0.4, -0.2) is 55.0 Å². The lowest BCUT2D eigenvalue weighted by Crippen LogP contribution is -2.48. The normalized spacial score (nSPS) is 28.9. The number of carbonyl (C=O) groups is 2. The molecule has 0 aliphatic carbocycles. The lowest BCUT2D eigenvalue weighted by atomic mass is 9.79. The van der Waals surface area contributed by atoms with Crippen molar-refractivity contribution < 1.29 is 33.5 Å². The fourth-order valence-corrected chi connectivity index (χ4v) is 4.43. The maximum absolute atomic E-state index is 13.5. The van der Waals surface area contributed by atoms with Gasteiger partial charge in [-0.05, 0) is 25.1 Å². The van der Waals surface area contributed by atoms with Crippen LogP contribution < -0.4 is 9.47 Å². The van der Waals surface area contributed by atoms with Gasteiger partial charge in [0.1, 0.15) is 17.5 Å². The second-order valence-corrected chi connectivity index (χ2v) is 7.29. The molecule has 3 aliphatic rings. The average Bonchev–Trinajstić information content (AvgIpc) is 3.33. The minimum Gasteiger partial charge on any atom is -0.496 e. The summed E-state index contributed by atoms with van der Waals surface area (Å²) in [5.41, 5.74) is 1.26. The van der Waals surface area contributed by atoms with E-state index in [-0.39, 0.29) is 18.3 Å². The Morgan fingerprint density at radius 2 is 1.77 bits per heavy atom. The van der Waals surface area contributed by atoms with Crippen molar-refractivity contribution in [2.45, 2.75) is 37.2 Å². The van der Waals surface area contributed by atoms with Crippen molar-refractivity contribution in [3.8, 4) is 11.5 Å². The Labute approximate surface area is 173 Å². The van der Waals surface area contributed by atoms with Crippen LogP contribution in [0, 0.1) is 0 Å². The van der Waals surface area contributed by atoms with Crippen LogP contribution in [0.25, 0.3) is 0 Å². The lowest BCUT2D eigenvalue weighted by molar-refractivity contribution is -0.347. The molecular formula is C22H21NO7. The summed E-state index contributed by atoms with van der Waals surface area (Å²) in [6.45, 7) is 1.96. The Bertz CT molecular complexity index is 993. The maximum atomic E-state index is 13.5. The molecule has 2 aromatic carbocycles. The maximum Gasteiger partial charge on any atom is 0.341 e. The van der Waals surface area contributed by atoms with Crippen LogP contribution in [0.1, 0.15) is 28.8 Å². The van der Waals surface area contributed by atoms with Gasteiger partial charge >= 0.3 is 5.97 Å². The van der Waals surface area contributed by atoms with E-state index in [2.05, 4.69) is 0 Å². The van der Waals surface area contributed by atoms with E-state index in [4.69, 9.17) is 23.9 Å². The molecule has 0 radical (unpaired) electrons. The van der Waals surface area contributed by atoms with Crippen molar-refractivity contribution in [1.82, 2.24) is 5.23 Å². The topological polar surface area (TPSA) is 83.5 Å². The van der Waals surface area contributed by atoms with E-state index in [9.17, 15) is 9.59 Å². The third-order valence-corrected chi connectivity index (χ3v) is 5.70. The first-order valence-corrected chi connectivity index (χ1v) is 9.86. The van der Waals surface area contributed by atoms with Gasteiger partial charge in [-0.2, -0.15) is 0 Å². The number of rotatable bonds is 5. The third kappa shape index (κ3) is 2.79. The number of carbonyl (C=O) groups excluding carboxylic acids is 2. The van der Waals surface area contributed by atoms with Crippen LogP contribution in [0.4, 0.5) is 0 Å². The number of hydrogen-bond donors (Lipinski definition) is 0. The molecule has 0 bridgehead atoms. The van der Waals surface area contributed by atoms with E-state index in [0.29, 0.717) is 17.1 Å². The van der Waals surface area contributed by atoms with Gasteiger partial charge in [0.05, 0.1) is 19.3 Å².